The molecule has 8 nitrogen and oxygen atoms in total. The van der Waals surface area contributed by atoms with E-state index in [2.05, 4.69) is 6.07 Å². The number of allylic oxidation sites excluding steroid dienone is 1. The van der Waals surface area contributed by atoms with E-state index in [1.807, 2.05) is 19.1 Å². The van der Waals surface area contributed by atoms with Gasteiger partial charge in [-0.05, 0) is 36.8 Å². The van der Waals surface area contributed by atoms with Crippen LogP contribution >= 0.6 is 0 Å². The summed E-state index contributed by atoms with van der Waals surface area (Å²) in [5.41, 5.74) is 7.68. The maximum Gasteiger partial charge on any atom is 0.259 e. The van der Waals surface area contributed by atoms with Crippen LogP contribution in [0.5, 0.6) is 17.2 Å². The maximum absolute atomic E-state index is 13.6. The number of aromatic nitrogens is 1. The van der Waals surface area contributed by atoms with Gasteiger partial charge in [-0.3, -0.25) is 4.79 Å². The monoisotopic (exact) mass is 419 g/mol. The van der Waals surface area contributed by atoms with Gasteiger partial charge >= 0.3 is 0 Å². The van der Waals surface area contributed by atoms with Crippen molar-refractivity contribution in [3.63, 3.8) is 0 Å². The van der Waals surface area contributed by atoms with Gasteiger partial charge in [0.2, 0.25) is 5.88 Å². The Hall–Kier alpha value is -4.12. The molecule has 2 N–H and O–H groups in total. The average molecular weight is 419 g/mol. The summed E-state index contributed by atoms with van der Waals surface area (Å²) in [4.78, 5) is 13.6. The highest BCUT2D eigenvalue weighted by Gasteiger charge is 2.36. The number of furan rings is 1. The number of pyridine rings is 1. The van der Waals surface area contributed by atoms with Gasteiger partial charge in [0.05, 0.1) is 38.5 Å². The Labute approximate surface area is 178 Å². The number of rotatable bonds is 5. The standard InChI is InChI=1S/C23H21N3O5/c1-13-9-19-21(20(17-5-4-8-30-17)15(11-24)22(25)31-19)23(27)26(13)12-14-6-7-16(28-2)18(10-14)29-3/h4-10,20H,12,25H2,1-3H3/t20-/m0/s1. The van der Waals surface area contributed by atoms with Gasteiger partial charge in [-0.2, -0.15) is 5.26 Å². The number of methoxy groups -OCH3 is 2. The molecule has 1 atom stereocenters. The number of nitrogens with zero attached hydrogens (tertiary/aromatic N) is 2. The fourth-order valence-electron chi connectivity index (χ4n) is 3.78. The molecule has 1 aromatic carbocycles. The topological polar surface area (TPSA) is 113 Å². The summed E-state index contributed by atoms with van der Waals surface area (Å²) in [6.45, 7) is 2.11. The van der Waals surface area contributed by atoms with E-state index in [1.165, 1.54) is 6.26 Å². The van der Waals surface area contributed by atoms with Gasteiger partial charge in [-0.1, -0.05) is 6.07 Å². The first-order valence-electron chi connectivity index (χ1n) is 9.54. The Kier molecular flexibility index (Phi) is 5.17. The minimum absolute atomic E-state index is 0.0344. The molecule has 0 spiro atoms. The predicted molar refractivity (Wildman–Crippen MR) is 112 cm³/mol. The largest absolute Gasteiger partial charge is 0.493 e. The first-order chi connectivity index (χ1) is 15.0. The summed E-state index contributed by atoms with van der Waals surface area (Å²) in [5, 5.41) is 9.67. The zero-order chi connectivity index (χ0) is 22.1. The highest BCUT2D eigenvalue weighted by Crippen LogP contribution is 2.40. The molecule has 0 fully saturated rings. The molecule has 0 saturated heterocycles. The van der Waals surface area contributed by atoms with Crippen LogP contribution in [0.25, 0.3) is 0 Å². The van der Waals surface area contributed by atoms with Crippen molar-refractivity contribution in [3.8, 4) is 23.3 Å². The second-order valence-corrected chi connectivity index (χ2v) is 7.08. The number of nitriles is 1. The summed E-state index contributed by atoms with van der Waals surface area (Å²) in [6.07, 6.45) is 1.49. The van der Waals surface area contributed by atoms with Crippen LogP contribution in [0.4, 0.5) is 0 Å². The summed E-state index contributed by atoms with van der Waals surface area (Å²) >= 11 is 0. The van der Waals surface area contributed by atoms with Crippen LogP contribution in [0.3, 0.4) is 0 Å². The Morgan fingerprint density at radius 3 is 2.61 bits per heavy atom. The van der Waals surface area contributed by atoms with Crippen molar-refractivity contribution in [2.24, 2.45) is 5.73 Å². The third-order valence-electron chi connectivity index (χ3n) is 5.31. The summed E-state index contributed by atoms with van der Waals surface area (Å²) in [5.74, 6) is 1.17. The van der Waals surface area contributed by atoms with Gasteiger partial charge in [0.25, 0.3) is 5.56 Å². The molecule has 0 unspecified atom stereocenters. The number of aryl methyl sites for hydroxylation is 1. The lowest BCUT2D eigenvalue weighted by Crippen LogP contribution is -2.32. The fraction of sp³-hybridized carbons (Fsp3) is 0.217. The van der Waals surface area contributed by atoms with Crippen LogP contribution in [-0.2, 0) is 6.54 Å². The molecule has 1 aliphatic heterocycles. The van der Waals surface area contributed by atoms with Gasteiger partial charge < -0.3 is 28.9 Å². The number of hydrogen-bond acceptors (Lipinski definition) is 7. The summed E-state index contributed by atoms with van der Waals surface area (Å²) in [6, 6.07) is 12.7. The van der Waals surface area contributed by atoms with Gasteiger partial charge in [-0.25, -0.2) is 0 Å². The van der Waals surface area contributed by atoms with Crippen molar-refractivity contribution < 1.29 is 18.6 Å². The lowest BCUT2D eigenvalue weighted by Gasteiger charge is -2.26. The first-order valence-corrected chi connectivity index (χ1v) is 9.54. The lowest BCUT2D eigenvalue weighted by molar-refractivity contribution is 0.354. The average Bonchev–Trinajstić information content (AvgIpc) is 3.30. The van der Waals surface area contributed by atoms with E-state index < -0.39 is 5.92 Å². The SMILES string of the molecule is COc1ccc(Cn2c(C)cc3c(c2=O)[C@H](c2ccco2)C(C#N)=C(N)O3)cc1OC. The molecular formula is C23H21N3O5. The van der Waals surface area contributed by atoms with Crippen LogP contribution in [0.1, 0.15) is 28.5 Å². The molecule has 0 amide bonds. The molecule has 4 rings (SSSR count). The molecule has 3 heterocycles. The van der Waals surface area contributed by atoms with Gasteiger partial charge in [0.1, 0.15) is 23.2 Å². The third-order valence-corrected chi connectivity index (χ3v) is 5.31. The van der Waals surface area contributed by atoms with Crippen molar-refractivity contribution in [3.05, 3.63) is 87.1 Å². The molecular weight excluding hydrogens is 398 g/mol. The highest BCUT2D eigenvalue weighted by molar-refractivity contribution is 5.53. The van der Waals surface area contributed by atoms with Gasteiger partial charge in [-0.15, -0.1) is 0 Å². The molecule has 8 heteroatoms. The van der Waals surface area contributed by atoms with E-state index in [0.717, 1.165) is 5.56 Å². The lowest BCUT2D eigenvalue weighted by atomic mass is 9.88. The van der Waals surface area contributed by atoms with Crippen LogP contribution in [0.2, 0.25) is 0 Å². The smallest absolute Gasteiger partial charge is 0.259 e. The molecule has 158 valence electrons. The van der Waals surface area contributed by atoms with Gasteiger partial charge in [0, 0.05) is 11.8 Å². The first kappa shape index (κ1) is 20.2. The Morgan fingerprint density at radius 2 is 1.97 bits per heavy atom. The van der Waals surface area contributed by atoms with Gasteiger partial charge in [0.15, 0.2) is 11.5 Å². The van der Waals surface area contributed by atoms with Crippen molar-refractivity contribution in [1.29, 1.82) is 5.26 Å². The molecule has 3 aromatic rings. The highest BCUT2D eigenvalue weighted by atomic mass is 16.5. The van der Waals surface area contributed by atoms with E-state index in [4.69, 9.17) is 24.4 Å². The van der Waals surface area contributed by atoms with Crippen molar-refractivity contribution in [2.75, 3.05) is 14.2 Å². The van der Waals surface area contributed by atoms with Crippen molar-refractivity contribution in [2.45, 2.75) is 19.4 Å². The summed E-state index contributed by atoms with van der Waals surface area (Å²) in [7, 11) is 3.12. The zero-order valence-corrected chi connectivity index (χ0v) is 17.3. The quantitative estimate of drug-likeness (QED) is 0.676. The van der Waals surface area contributed by atoms with Crippen LogP contribution in [0.15, 0.2) is 63.3 Å². The number of benzene rings is 1. The molecule has 0 bridgehead atoms. The predicted octanol–water partition coefficient (Wildman–Crippen LogP) is 3.03. The molecule has 2 aromatic heterocycles. The van der Waals surface area contributed by atoms with E-state index in [1.54, 1.807) is 43.1 Å². The van der Waals surface area contributed by atoms with Crippen LogP contribution in [-0.4, -0.2) is 18.8 Å². The van der Waals surface area contributed by atoms with Crippen molar-refractivity contribution in [1.82, 2.24) is 4.57 Å². The Balaban J connectivity index is 1.85. The second-order valence-electron chi connectivity index (χ2n) is 7.08. The van der Waals surface area contributed by atoms with E-state index >= 15 is 0 Å². The van der Waals surface area contributed by atoms with Crippen molar-refractivity contribution >= 4 is 0 Å². The number of fused-ring (bicyclic) bond motifs is 1. The van der Waals surface area contributed by atoms with Crippen LogP contribution in [0, 0.1) is 18.3 Å². The number of hydrogen-bond donors (Lipinski definition) is 1. The van der Waals surface area contributed by atoms with Crippen LogP contribution < -0.4 is 25.5 Å². The fourth-order valence-corrected chi connectivity index (χ4v) is 3.78. The normalized spacial score (nSPS) is 15.1. The Bertz CT molecular complexity index is 1270. The number of nitrogens with two attached hydrogens (primary N) is 1. The number of ether oxygens (including phenoxy) is 3. The van der Waals surface area contributed by atoms with E-state index in [0.29, 0.717) is 40.8 Å². The maximum atomic E-state index is 13.6. The zero-order valence-electron chi connectivity index (χ0n) is 17.3. The molecule has 1 aliphatic rings. The Morgan fingerprint density at radius 1 is 1.19 bits per heavy atom. The second kappa shape index (κ2) is 7.95. The molecule has 0 saturated carbocycles. The third kappa shape index (κ3) is 3.40. The van der Waals surface area contributed by atoms with E-state index in [9.17, 15) is 10.1 Å². The molecule has 0 aliphatic carbocycles. The van der Waals surface area contributed by atoms with E-state index in [-0.39, 0.29) is 17.0 Å². The minimum atomic E-state index is -0.742. The summed E-state index contributed by atoms with van der Waals surface area (Å²) < 4.78 is 23.5. The molecule has 0 radical (unpaired) electrons. The molecule has 31 heavy (non-hydrogen) atoms. The minimum Gasteiger partial charge on any atom is -0.493 e.